The highest BCUT2D eigenvalue weighted by Gasteiger charge is 2.43. The van der Waals surface area contributed by atoms with Crippen molar-refractivity contribution < 1.29 is 42.5 Å². The number of azide groups is 1. The second kappa shape index (κ2) is 27.0. The number of allylic oxidation sites excluding steroid dienone is 4. The number of fused-ring (bicyclic) bond motifs is 2. The van der Waals surface area contributed by atoms with Crippen LogP contribution in [0.2, 0.25) is 0 Å². The zero-order valence-corrected chi connectivity index (χ0v) is 36.7. The minimum absolute atomic E-state index is 0.0609. The lowest BCUT2D eigenvalue weighted by Crippen LogP contribution is -2.28. The number of para-hydroxylation sites is 2. The lowest BCUT2D eigenvalue weighted by Gasteiger charge is -2.27. The molecule has 0 spiro atoms. The number of benzene rings is 2. The molecule has 2 aliphatic heterocycles. The Morgan fingerprint density at radius 3 is 1.83 bits per heavy atom. The number of nitrogens with one attached hydrogen (secondary N) is 1. The van der Waals surface area contributed by atoms with Gasteiger partial charge >= 0.3 is 0 Å². The van der Waals surface area contributed by atoms with Gasteiger partial charge in [0.25, 0.3) is 0 Å². The molecule has 0 atom stereocenters. The SMILES string of the molecule is C[N+]1=C(/C=C/C=C2\N(CCCCCC(=O)NCCOCCOCCOCCOCCOCCOCCOCCN=[N+]=[N-])c3ccccc3C2(C)C)C(C)(C)c2ccccc21. The molecule has 1 N–H and O–H groups in total. The van der Waals surface area contributed by atoms with Crippen LogP contribution in [0.15, 0.2) is 77.6 Å². The Kier molecular flexibility index (Phi) is 21.8. The maximum absolute atomic E-state index is 12.5. The topological polar surface area (TPSA) is 149 Å². The van der Waals surface area contributed by atoms with Crippen molar-refractivity contribution in [2.45, 2.75) is 64.2 Å². The van der Waals surface area contributed by atoms with E-state index >= 15 is 0 Å². The third kappa shape index (κ3) is 15.4. The van der Waals surface area contributed by atoms with Gasteiger partial charge < -0.3 is 43.4 Å². The zero-order chi connectivity index (χ0) is 42.9. The summed E-state index contributed by atoms with van der Waals surface area (Å²) >= 11 is 0. The van der Waals surface area contributed by atoms with Gasteiger partial charge in [-0.25, -0.2) is 0 Å². The molecular weight excluding hydrogens is 765 g/mol. The van der Waals surface area contributed by atoms with E-state index < -0.39 is 0 Å². The summed E-state index contributed by atoms with van der Waals surface area (Å²) in [5.41, 5.74) is 15.8. The number of carbonyl (C=O) groups excluding carboxylic acids is 1. The number of anilines is 1. The Morgan fingerprint density at radius 1 is 0.717 bits per heavy atom. The molecular formula is C46H69N6O8+. The van der Waals surface area contributed by atoms with Crippen molar-refractivity contribution in [3.05, 3.63) is 94.0 Å². The van der Waals surface area contributed by atoms with Crippen LogP contribution in [0.5, 0.6) is 0 Å². The summed E-state index contributed by atoms with van der Waals surface area (Å²) in [6.45, 7) is 17.5. The Morgan fingerprint density at radius 2 is 1.25 bits per heavy atom. The highest BCUT2D eigenvalue weighted by Crippen LogP contribution is 2.48. The Labute approximate surface area is 357 Å². The lowest BCUT2D eigenvalue weighted by atomic mass is 9.81. The van der Waals surface area contributed by atoms with Crippen molar-refractivity contribution in [3.63, 3.8) is 0 Å². The highest BCUT2D eigenvalue weighted by molar-refractivity contribution is 6.03. The van der Waals surface area contributed by atoms with E-state index in [0.29, 0.717) is 112 Å². The summed E-state index contributed by atoms with van der Waals surface area (Å²) in [5.74, 6) is 0.0609. The van der Waals surface area contributed by atoms with Crippen LogP contribution in [0, 0.1) is 0 Å². The fourth-order valence-corrected chi connectivity index (χ4v) is 7.57. The maximum atomic E-state index is 12.5. The minimum Gasteiger partial charge on any atom is -0.379 e. The standard InChI is InChI=1S/C46H68N6O8/c1-45(2)38-14-8-10-16-40(38)51(5)42(45)18-13-19-43-46(3,4)39-15-9-11-17-41(39)52(43)23-12-6-7-20-44(53)48-21-24-54-26-28-56-30-32-58-34-36-60-37-35-59-33-31-57-29-27-55-25-22-49-50-47/h8-11,13-19H,6-7,12,20-37H2,1-5H3/p+1. The van der Waals surface area contributed by atoms with E-state index in [-0.39, 0.29) is 16.7 Å². The first kappa shape index (κ1) is 48.6. The van der Waals surface area contributed by atoms with Crippen LogP contribution in [-0.4, -0.2) is 135 Å². The number of hydrogen-bond acceptors (Lipinski definition) is 10. The monoisotopic (exact) mass is 834 g/mol. The number of hydrogen-bond donors (Lipinski definition) is 1. The van der Waals surface area contributed by atoms with E-state index in [2.05, 4.69) is 126 Å². The van der Waals surface area contributed by atoms with Gasteiger partial charge in [-0.15, -0.1) is 0 Å². The predicted molar refractivity (Wildman–Crippen MR) is 236 cm³/mol. The molecule has 0 unspecified atom stereocenters. The van der Waals surface area contributed by atoms with Crippen molar-refractivity contribution in [2.75, 3.05) is 124 Å². The maximum Gasteiger partial charge on any atom is 0.220 e. The van der Waals surface area contributed by atoms with Crippen molar-refractivity contribution >= 4 is 23.0 Å². The Hall–Kier alpha value is -4.11. The van der Waals surface area contributed by atoms with Crippen LogP contribution in [-0.2, 0) is 48.8 Å². The summed E-state index contributed by atoms with van der Waals surface area (Å²) in [6.07, 6.45) is 10.1. The van der Waals surface area contributed by atoms with Crippen LogP contribution in [0.3, 0.4) is 0 Å². The van der Waals surface area contributed by atoms with Crippen LogP contribution >= 0.6 is 0 Å². The largest absolute Gasteiger partial charge is 0.379 e. The fourth-order valence-electron chi connectivity index (χ4n) is 7.57. The molecule has 330 valence electrons. The molecule has 2 aliphatic rings. The van der Waals surface area contributed by atoms with Crippen molar-refractivity contribution in [2.24, 2.45) is 5.11 Å². The molecule has 1 amide bonds. The van der Waals surface area contributed by atoms with Crippen LogP contribution in [0.1, 0.15) is 64.5 Å². The quantitative estimate of drug-likeness (QED) is 0.0270. The molecule has 0 radical (unpaired) electrons. The molecule has 60 heavy (non-hydrogen) atoms. The third-order valence-electron chi connectivity index (χ3n) is 10.7. The van der Waals surface area contributed by atoms with Gasteiger partial charge in [0.15, 0.2) is 5.71 Å². The molecule has 0 aromatic heterocycles. The van der Waals surface area contributed by atoms with Gasteiger partial charge in [0.05, 0.1) is 97.9 Å². The number of rotatable bonds is 32. The fraction of sp³-hybridized carbons (Fsp3) is 0.609. The van der Waals surface area contributed by atoms with Crippen molar-refractivity contribution in [1.29, 1.82) is 0 Å². The van der Waals surface area contributed by atoms with Crippen LogP contribution in [0.25, 0.3) is 10.4 Å². The molecule has 0 saturated carbocycles. The van der Waals surface area contributed by atoms with Gasteiger partial charge in [-0.3, -0.25) is 4.79 Å². The molecule has 2 aromatic carbocycles. The lowest BCUT2D eigenvalue weighted by molar-refractivity contribution is -0.401. The number of amides is 1. The molecule has 14 heteroatoms. The van der Waals surface area contributed by atoms with E-state index in [1.165, 1.54) is 33.9 Å². The van der Waals surface area contributed by atoms with Crippen molar-refractivity contribution in [3.8, 4) is 0 Å². The Balaban J connectivity index is 0.982. The van der Waals surface area contributed by atoms with E-state index in [1.54, 1.807) is 0 Å². The van der Waals surface area contributed by atoms with Crippen molar-refractivity contribution in [1.82, 2.24) is 5.32 Å². The van der Waals surface area contributed by atoms with Gasteiger partial charge in [0, 0.05) is 65.5 Å². The second-order valence-corrected chi connectivity index (χ2v) is 15.7. The Bertz CT molecular complexity index is 1740. The van der Waals surface area contributed by atoms with E-state index in [9.17, 15) is 4.79 Å². The van der Waals surface area contributed by atoms with Gasteiger partial charge in [-0.1, -0.05) is 67.9 Å². The first-order chi connectivity index (χ1) is 29.2. The van der Waals surface area contributed by atoms with Gasteiger partial charge in [0.1, 0.15) is 7.05 Å². The molecule has 0 bridgehead atoms. The van der Waals surface area contributed by atoms with E-state index in [0.717, 1.165) is 25.8 Å². The number of nitrogens with zero attached hydrogens (tertiary/aromatic N) is 5. The van der Waals surface area contributed by atoms with Gasteiger partial charge in [0.2, 0.25) is 11.6 Å². The number of unbranched alkanes of at least 4 members (excludes halogenated alkanes) is 2. The summed E-state index contributed by atoms with van der Waals surface area (Å²) in [6, 6.07) is 17.4. The molecule has 4 rings (SSSR count). The smallest absolute Gasteiger partial charge is 0.220 e. The van der Waals surface area contributed by atoms with Crippen LogP contribution < -0.4 is 10.2 Å². The first-order valence-corrected chi connectivity index (χ1v) is 21.5. The summed E-state index contributed by atoms with van der Waals surface area (Å²) < 4.78 is 40.6. The predicted octanol–water partition coefficient (Wildman–Crippen LogP) is 7.03. The zero-order valence-electron chi connectivity index (χ0n) is 36.7. The highest BCUT2D eigenvalue weighted by atomic mass is 16.6. The molecule has 0 fully saturated rings. The average Bonchev–Trinajstić information content (AvgIpc) is 3.58. The number of ether oxygens (including phenoxy) is 7. The minimum atomic E-state index is -0.116. The molecule has 0 aliphatic carbocycles. The molecule has 14 nitrogen and oxygen atoms in total. The molecule has 2 aromatic rings. The summed E-state index contributed by atoms with van der Waals surface area (Å²) in [7, 11) is 2.16. The van der Waals surface area contributed by atoms with Crippen LogP contribution in [0.4, 0.5) is 11.4 Å². The summed E-state index contributed by atoms with van der Waals surface area (Å²) in [4.78, 5) is 17.6. The molecule has 0 saturated heterocycles. The third-order valence-corrected chi connectivity index (χ3v) is 10.7. The van der Waals surface area contributed by atoms with E-state index in [4.69, 9.17) is 38.7 Å². The van der Waals surface area contributed by atoms with E-state index in [1.807, 2.05) is 0 Å². The molecule has 2 heterocycles. The first-order valence-electron chi connectivity index (χ1n) is 21.5. The summed E-state index contributed by atoms with van der Waals surface area (Å²) in [5, 5.41) is 6.36. The second-order valence-electron chi connectivity index (χ2n) is 15.7. The van der Waals surface area contributed by atoms with Gasteiger partial charge in [-0.2, -0.15) is 4.58 Å². The normalized spacial score (nSPS) is 15.8. The average molecular weight is 834 g/mol. The van der Waals surface area contributed by atoms with Gasteiger partial charge in [-0.05, 0) is 49.9 Å². The number of carbonyl (C=O) groups is 1.